The fourth-order valence-electron chi connectivity index (χ4n) is 1.93. The predicted molar refractivity (Wildman–Crippen MR) is 70.1 cm³/mol. The summed E-state index contributed by atoms with van der Waals surface area (Å²) in [4.78, 5) is 0. The zero-order valence-corrected chi connectivity index (χ0v) is 11.1. The number of ether oxygens (including phenoxy) is 2. The molecule has 1 aromatic heterocycles. The molecule has 0 bridgehead atoms. The van der Waals surface area contributed by atoms with Crippen LogP contribution >= 0.6 is 0 Å². The Morgan fingerprint density at radius 1 is 1.26 bits per heavy atom. The van der Waals surface area contributed by atoms with E-state index in [-0.39, 0.29) is 5.58 Å². The van der Waals surface area contributed by atoms with Crippen molar-refractivity contribution >= 4 is 11.0 Å². The molecule has 1 heterocycles. The lowest BCUT2D eigenvalue weighted by Gasteiger charge is -2.21. The van der Waals surface area contributed by atoms with Crippen molar-refractivity contribution in [1.29, 1.82) is 0 Å². The number of hydrogen-bond acceptors (Lipinski definition) is 4. The smallest absolute Gasteiger partial charge is 0.179 e. The fraction of sp³-hybridized carbons (Fsp3) is 0.429. The largest absolute Gasteiger partial charge is 0.456 e. The zero-order chi connectivity index (χ0) is 13.8. The highest BCUT2D eigenvalue weighted by Gasteiger charge is 2.24. The van der Waals surface area contributed by atoms with Crippen LogP contribution in [0.3, 0.4) is 0 Å². The minimum absolute atomic E-state index is 0.208. The monoisotopic (exact) mass is 267 g/mol. The summed E-state index contributed by atoms with van der Waals surface area (Å²) in [6, 6.07) is 5.88. The molecule has 2 N–H and O–H groups in total. The first kappa shape index (κ1) is 14.0. The van der Waals surface area contributed by atoms with Gasteiger partial charge < -0.3 is 19.6 Å². The number of furan rings is 1. The molecule has 104 valence electrons. The first-order valence-corrected chi connectivity index (χ1v) is 6.34. The molecular weight excluding hydrogens is 249 g/mol. The number of benzene rings is 1. The van der Waals surface area contributed by atoms with Gasteiger partial charge in [0.2, 0.25) is 0 Å². The Bertz CT molecular complexity index is 534. The van der Waals surface area contributed by atoms with Gasteiger partial charge in [-0.15, -0.1) is 0 Å². The van der Waals surface area contributed by atoms with Crippen LogP contribution in [0.2, 0.25) is 0 Å². The summed E-state index contributed by atoms with van der Waals surface area (Å²) >= 11 is 0. The molecule has 0 saturated carbocycles. The standard InChI is InChI=1S/C14H18FNO3/c1-3-17-14(18-4-2)12(16)11-8-9-6-5-7-10(15)13(9)19-11/h5-8,12,14H,3-4,16H2,1-2H3. The fourth-order valence-corrected chi connectivity index (χ4v) is 1.93. The van der Waals surface area contributed by atoms with Gasteiger partial charge in [0.05, 0.1) is 0 Å². The van der Waals surface area contributed by atoms with E-state index in [4.69, 9.17) is 19.6 Å². The van der Waals surface area contributed by atoms with Crippen LogP contribution in [0.1, 0.15) is 25.6 Å². The van der Waals surface area contributed by atoms with Crippen LogP contribution in [0.4, 0.5) is 4.39 Å². The van der Waals surface area contributed by atoms with Crippen molar-refractivity contribution in [2.75, 3.05) is 13.2 Å². The van der Waals surface area contributed by atoms with Crippen molar-refractivity contribution < 1.29 is 18.3 Å². The molecule has 0 fully saturated rings. The van der Waals surface area contributed by atoms with Crippen molar-refractivity contribution in [3.05, 3.63) is 35.8 Å². The Morgan fingerprint density at radius 2 is 1.95 bits per heavy atom. The van der Waals surface area contributed by atoms with E-state index in [1.165, 1.54) is 6.07 Å². The molecule has 19 heavy (non-hydrogen) atoms. The molecule has 1 atom stereocenters. The molecule has 0 radical (unpaired) electrons. The first-order chi connectivity index (χ1) is 9.17. The maximum Gasteiger partial charge on any atom is 0.179 e. The molecule has 1 aromatic carbocycles. The predicted octanol–water partition coefficient (Wildman–Crippen LogP) is 2.97. The lowest BCUT2D eigenvalue weighted by Crippen LogP contribution is -2.31. The minimum Gasteiger partial charge on any atom is -0.456 e. The molecular formula is C14H18FNO3. The van der Waals surface area contributed by atoms with Crippen LogP contribution in [0.5, 0.6) is 0 Å². The van der Waals surface area contributed by atoms with Crippen molar-refractivity contribution in [1.82, 2.24) is 0 Å². The highest BCUT2D eigenvalue weighted by molar-refractivity contribution is 5.78. The summed E-state index contributed by atoms with van der Waals surface area (Å²) in [6.45, 7) is 4.67. The van der Waals surface area contributed by atoms with E-state index in [2.05, 4.69) is 0 Å². The number of nitrogens with two attached hydrogens (primary N) is 1. The van der Waals surface area contributed by atoms with Crippen molar-refractivity contribution in [2.45, 2.75) is 26.2 Å². The molecule has 0 saturated heterocycles. The molecule has 4 nitrogen and oxygen atoms in total. The lowest BCUT2D eigenvalue weighted by molar-refractivity contribution is -0.151. The third-order valence-electron chi connectivity index (χ3n) is 2.80. The van der Waals surface area contributed by atoms with Gasteiger partial charge in [0.15, 0.2) is 17.7 Å². The van der Waals surface area contributed by atoms with E-state index < -0.39 is 18.1 Å². The highest BCUT2D eigenvalue weighted by Crippen LogP contribution is 2.27. The molecule has 2 aromatic rings. The SMILES string of the molecule is CCOC(OCC)C(N)c1cc2cccc(F)c2o1. The number of halogens is 1. The Kier molecular flexibility index (Phi) is 4.52. The second-order valence-corrected chi connectivity index (χ2v) is 4.11. The molecule has 0 spiro atoms. The number of para-hydroxylation sites is 1. The van der Waals surface area contributed by atoms with E-state index in [0.717, 1.165) is 0 Å². The molecule has 0 aliphatic heterocycles. The number of fused-ring (bicyclic) bond motifs is 1. The van der Waals surface area contributed by atoms with E-state index in [1.54, 1.807) is 18.2 Å². The second-order valence-electron chi connectivity index (χ2n) is 4.11. The zero-order valence-electron chi connectivity index (χ0n) is 11.1. The van der Waals surface area contributed by atoms with E-state index in [9.17, 15) is 4.39 Å². The topological polar surface area (TPSA) is 57.6 Å². The van der Waals surface area contributed by atoms with Gasteiger partial charge >= 0.3 is 0 Å². The molecule has 5 heteroatoms. The van der Waals surface area contributed by atoms with Gasteiger partial charge in [0.1, 0.15) is 11.8 Å². The van der Waals surface area contributed by atoms with Crippen molar-refractivity contribution in [3.63, 3.8) is 0 Å². The van der Waals surface area contributed by atoms with Gasteiger partial charge in [-0.05, 0) is 26.0 Å². The third kappa shape index (κ3) is 2.94. The van der Waals surface area contributed by atoms with E-state index >= 15 is 0 Å². The molecule has 0 amide bonds. The van der Waals surface area contributed by atoms with Crippen molar-refractivity contribution in [2.24, 2.45) is 5.73 Å². The first-order valence-electron chi connectivity index (χ1n) is 6.34. The molecule has 0 aliphatic rings. The summed E-state index contributed by atoms with van der Waals surface area (Å²) in [6.07, 6.45) is -0.598. The summed E-state index contributed by atoms with van der Waals surface area (Å²) < 4.78 is 29.9. The maximum absolute atomic E-state index is 13.6. The van der Waals surface area contributed by atoms with Crippen LogP contribution in [0, 0.1) is 5.82 Å². The average Bonchev–Trinajstić information content (AvgIpc) is 2.83. The quantitative estimate of drug-likeness (QED) is 0.817. The van der Waals surface area contributed by atoms with Crippen LogP contribution in [-0.2, 0) is 9.47 Å². The Labute approximate surface area is 111 Å². The normalized spacial score (nSPS) is 13.3. The van der Waals surface area contributed by atoms with Gasteiger partial charge in [-0.25, -0.2) is 4.39 Å². The second kappa shape index (κ2) is 6.14. The van der Waals surface area contributed by atoms with Gasteiger partial charge in [-0.1, -0.05) is 12.1 Å². The Hall–Kier alpha value is -1.43. The Morgan fingerprint density at radius 3 is 2.53 bits per heavy atom. The van der Waals surface area contributed by atoms with Gasteiger partial charge in [-0.3, -0.25) is 0 Å². The summed E-state index contributed by atoms with van der Waals surface area (Å²) in [7, 11) is 0. The Balaban J connectivity index is 2.29. The van der Waals surface area contributed by atoms with Gasteiger partial charge in [0.25, 0.3) is 0 Å². The van der Waals surface area contributed by atoms with Crippen LogP contribution < -0.4 is 5.73 Å². The summed E-state index contributed by atoms with van der Waals surface area (Å²) in [5.74, 6) is 0.0484. The number of rotatable bonds is 6. The van der Waals surface area contributed by atoms with Crippen LogP contribution in [-0.4, -0.2) is 19.5 Å². The number of hydrogen-bond donors (Lipinski definition) is 1. The minimum atomic E-state index is -0.598. The van der Waals surface area contributed by atoms with Gasteiger partial charge in [0, 0.05) is 18.6 Å². The molecule has 0 aliphatic carbocycles. The van der Waals surface area contributed by atoms with E-state index in [1.807, 2.05) is 13.8 Å². The third-order valence-corrected chi connectivity index (χ3v) is 2.80. The average molecular weight is 267 g/mol. The molecule has 1 unspecified atom stereocenters. The summed E-state index contributed by atoms with van der Waals surface area (Å²) in [5, 5.41) is 0.678. The van der Waals surface area contributed by atoms with Gasteiger partial charge in [-0.2, -0.15) is 0 Å². The lowest BCUT2D eigenvalue weighted by atomic mass is 10.2. The van der Waals surface area contributed by atoms with Crippen molar-refractivity contribution in [3.8, 4) is 0 Å². The summed E-state index contributed by atoms with van der Waals surface area (Å²) in [5.41, 5.74) is 6.27. The highest BCUT2D eigenvalue weighted by atomic mass is 19.1. The maximum atomic E-state index is 13.6. The molecule has 2 rings (SSSR count). The van der Waals surface area contributed by atoms with E-state index in [0.29, 0.717) is 24.4 Å². The van der Waals surface area contributed by atoms with Crippen LogP contribution in [0.25, 0.3) is 11.0 Å². The van der Waals surface area contributed by atoms with Crippen LogP contribution in [0.15, 0.2) is 28.7 Å².